The van der Waals surface area contributed by atoms with Gasteiger partial charge in [0.05, 0.1) is 25.4 Å². The topological polar surface area (TPSA) is 44.7 Å². The molecule has 1 aromatic rings. The van der Waals surface area contributed by atoms with E-state index in [0.29, 0.717) is 19.3 Å². The van der Waals surface area contributed by atoms with Gasteiger partial charge < -0.3 is 20.1 Å². The number of nitrogens with one attached hydrogen (secondary N) is 1. The van der Waals surface area contributed by atoms with E-state index in [1.54, 1.807) is 0 Å². The van der Waals surface area contributed by atoms with Crippen LogP contribution in [0.5, 0.6) is 0 Å². The molecule has 5 heteroatoms. The summed E-state index contributed by atoms with van der Waals surface area (Å²) in [4.78, 5) is 2.38. The molecular weight excluding hydrogens is 288 g/mol. The zero-order valence-corrected chi connectivity index (χ0v) is 13.1. The number of aryl methyl sites for hydroxylation is 1. The maximum Gasteiger partial charge on any atom is 0.0948 e. The van der Waals surface area contributed by atoms with Crippen LogP contribution in [0.3, 0.4) is 0 Å². The van der Waals surface area contributed by atoms with Crippen LogP contribution in [0, 0.1) is 6.92 Å². The van der Waals surface area contributed by atoms with E-state index in [1.165, 1.54) is 5.69 Å². The molecule has 0 unspecified atom stereocenters. The molecule has 0 bridgehead atoms. The lowest BCUT2D eigenvalue weighted by Crippen LogP contribution is -2.49. The van der Waals surface area contributed by atoms with Crippen LogP contribution in [0.1, 0.15) is 18.4 Å². The summed E-state index contributed by atoms with van der Waals surface area (Å²) in [7, 11) is 0. The second-order valence-electron chi connectivity index (χ2n) is 6.07. The Kier molecular flexibility index (Phi) is 4.69. The second kappa shape index (κ2) is 6.53. The standard InChI is InChI=1S/C16H23ClN2O2/c1-11-2-3-13(8-14(11)17)19-6-4-12(5-7-19)18-15-9-21-10-16(15)20/h2-3,8,12,15-16,18,20H,4-7,9-10H2,1H3/t15-,16-/m0/s1. The molecule has 1 aromatic carbocycles. The van der Waals surface area contributed by atoms with Crippen LogP contribution >= 0.6 is 11.6 Å². The molecule has 2 aliphatic rings. The Balaban J connectivity index is 1.53. The number of hydrogen-bond donors (Lipinski definition) is 2. The number of halogens is 1. The van der Waals surface area contributed by atoms with Crippen molar-refractivity contribution >= 4 is 17.3 Å². The van der Waals surface area contributed by atoms with Gasteiger partial charge in [0.2, 0.25) is 0 Å². The number of rotatable bonds is 3. The van der Waals surface area contributed by atoms with Crippen molar-refractivity contribution in [3.05, 3.63) is 28.8 Å². The first-order chi connectivity index (χ1) is 10.1. The molecule has 0 radical (unpaired) electrons. The van der Waals surface area contributed by atoms with Gasteiger partial charge in [0.15, 0.2) is 0 Å². The van der Waals surface area contributed by atoms with Crippen molar-refractivity contribution in [2.45, 2.75) is 38.0 Å². The number of nitrogens with zero attached hydrogens (tertiary/aromatic N) is 1. The van der Waals surface area contributed by atoms with E-state index in [1.807, 2.05) is 6.92 Å². The number of anilines is 1. The molecule has 0 amide bonds. The zero-order chi connectivity index (χ0) is 14.8. The Morgan fingerprint density at radius 1 is 1.29 bits per heavy atom. The van der Waals surface area contributed by atoms with Gasteiger partial charge in [-0.15, -0.1) is 0 Å². The van der Waals surface area contributed by atoms with Crippen LogP contribution in [-0.4, -0.2) is 49.6 Å². The maximum atomic E-state index is 9.79. The molecular formula is C16H23ClN2O2. The van der Waals surface area contributed by atoms with Gasteiger partial charge in [0, 0.05) is 29.8 Å². The lowest BCUT2D eigenvalue weighted by molar-refractivity contribution is 0.120. The van der Waals surface area contributed by atoms with E-state index < -0.39 is 0 Å². The summed E-state index contributed by atoms with van der Waals surface area (Å²) in [5.74, 6) is 0. The minimum atomic E-state index is -0.362. The summed E-state index contributed by atoms with van der Waals surface area (Å²) in [5, 5.41) is 14.2. The van der Waals surface area contributed by atoms with Gasteiger partial charge in [-0.3, -0.25) is 0 Å². The minimum Gasteiger partial charge on any atom is -0.389 e. The molecule has 0 aromatic heterocycles. The predicted molar refractivity (Wildman–Crippen MR) is 85.2 cm³/mol. The van der Waals surface area contributed by atoms with Crippen LogP contribution in [-0.2, 0) is 4.74 Å². The van der Waals surface area contributed by atoms with E-state index in [-0.39, 0.29) is 12.1 Å². The fourth-order valence-corrected chi connectivity index (χ4v) is 3.26. The highest BCUT2D eigenvalue weighted by molar-refractivity contribution is 6.31. The van der Waals surface area contributed by atoms with Crippen LogP contribution in [0.4, 0.5) is 5.69 Å². The Hall–Kier alpha value is -0.810. The molecule has 0 saturated carbocycles. The van der Waals surface area contributed by atoms with E-state index in [0.717, 1.165) is 36.5 Å². The molecule has 2 atom stereocenters. The SMILES string of the molecule is Cc1ccc(N2CCC(N[C@H]3COC[C@@H]3O)CC2)cc1Cl. The Labute approximate surface area is 131 Å². The Bertz CT molecular complexity index is 489. The fraction of sp³-hybridized carbons (Fsp3) is 0.625. The van der Waals surface area contributed by atoms with Gasteiger partial charge in [-0.1, -0.05) is 17.7 Å². The first-order valence-corrected chi connectivity index (χ1v) is 8.04. The number of hydrogen-bond acceptors (Lipinski definition) is 4. The van der Waals surface area contributed by atoms with Gasteiger partial charge in [-0.05, 0) is 37.5 Å². The van der Waals surface area contributed by atoms with Crippen molar-refractivity contribution < 1.29 is 9.84 Å². The quantitative estimate of drug-likeness (QED) is 0.896. The molecule has 2 N–H and O–H groups in total. The molecule has 21 heavy (non-hydrogen) atoms. The summed E-state index contributed by atoms with van der Waals surface area (Å²) >= 11 is 6.21. The van der Waals surface area contributed by atoms with Crippen molar-refractivity contribution in [3.8, 4) is 0 Å². The van der Waals surface area contributed by atoms with E-state index in [9.17, 15) is 5.11 Å². The monoisotopic (exact) mass is 310 g/mol. The smallest absolute Gasteiger partial charge is 0.0948 e. The number of aliphatic hydroxyl groups is 1. The molecule has 2 saturated heterocycles. The molecule has 0 aliphatic carbocycles. The number of piperidine rings is 1. The zero-order valence-electron chi connectivity index (χ0n) is 12.4. The van der Waals surface area contributed by atoms with E-state index in [4.69, 9.17) is 16.3 Å². The van der Waals surface area contributed by atoms with Crippen molar-refractivity contribution in [1.29, 1.82) is 0 Å². The molecule has 2 aliphatic heterocycles. The van der Waals surface area contributed by atoms with Crippen molar-refractivity contribution in [2.24, 2.45) is 0 Å². The van der Waals surface area contributed by atoms with Gasteiger partial charge >= 0.3 is 0 Å². The van der Waals surface area contributed by atoms with Crippen LogP contribution in [0.15, 0.2) is 18.2 Å². The van der Waals surface area contributed by atoms with Crippen molar-refractivity contribution in [1.82, 2.24) is 5.32 Å². The van der Waals surface area contributed by atoms with Crippen molar-refractivity contribution in [3.63, 3.8) is 0 Å². The molecule has 0 spiro atoms. The third-order valence-corrected chi connectivity index (χ3v) is 4.92. The average Bonchev–Trinajstić information content (AvgIpc) is 2.88. The van der Waals surface area contributed by atoms with Crippen molar-refractivity contribution in [2.75, 3.05) is 31.2 Å². The first kappa shape index (κ1) is 15.1. The number of benzene rings is 1. The largest absolute Gasteiger partial charge is 0.389 e. The van der Waals surface area contributed by atoms with Gasteiger partial charge in [-0.25, -0.2) is 0 Å². The molecule has 2 heterocycles. The third kappa shape index (κ3) is 3.51. The summed E-state index contributed by atoms with van der Waals surface area (Å²) in [5.41, 5.74) is 2.32. The normalized spacial score (nSPS) is 27.3. The Morgan fingerprint density at radius 3 is 2.67 bits per heavy atom. The van der Waals surface area contributed by atoms with Crippen LogP contribution < -0.4 is 10.2 Å². The molecule has 3 rings (SSSR count). The highest BCUT2D eigenvalue weighted by Gasteiger charge is 2.29. The lowest BCUT2D eigenvalue weighted by atomic mass is 10.0. The fourth-order valence-electron chi connectivity index (χ4n) is 3.09. The van der Waals surface area contributed by atoms with Crippen LogP contribution in [0.2, 0.25) is 5.02 Å². The summed E-state index contributed by atoms with van der Waals surface area (Å²) in [6.07, 6.45) is 1.79. The van der Waals surface area contributed by atoms with Gasteiger partial charge in [0.1, 0.15) is 0 Å². The predicted octanol–water partition coefficient (Wildman–Crippen LogP) is 1.97. The lowest BCUT2D eigenvalue weighted by Gasteiger charge is -2.35. The highest BCUT2D eigenvalue weighted by atomic mass is 35.5. The van der Waals surface area contributed by atoms with Crippen LogP contribution in [0.25, 0.3) is 0 Å². The van der Waals surface area contributed by atoms with E-state index >= 15 is 0 Å². The summed E-state index contributed by atoms with van der Waals surface area (Å²) < 4.78 is 5.29. The van der Waals surface area contributed by atoms with Gasteiger partial charge in [-0.2, -0.15) is 0 Å². The van der Waals surface area contributed by atoms with E-state index in [2.05, 4.69) is 28.4 Å². The summed E-state index contributed by atoms with van der Waals surface area (Å²) in [6.45, 7) is 5.13. The molecule has 4 nitrogen and oxygen atoms in total. The Morgan fingerprint density at radius 2 is 2.05 bits per heavy atom. The molecule has 116 valence electrons. The van der Waals surface area contributed by atoms with Gasteiger partial charge in [0.25, 0.3) is 0 Å². The average molecular weight is 311 g/mol. The molecule has 2 fully saturated rings. The number of ether oxygens (including phenoxy) is 1. The maximum absolute atomic E-state index is 9.79. The third-order valence-electron chi connectivity index (χ3n) is 4.52. The highest BCUT2D eigenvalue weighted by Crippen LogP contribution is 2.26. The second-order valence-corrected chi connectivity index (χ2v) is 6.48. The first-order valence-electron chi connectivity index (χ1n) is 7.66. The minimum absolute atomic E-state index is 0.0929. The summed E-state index contributed by atoms with van der Waals surface area (Å²) in [6, 6.07) is 6.83. The number of aliphatic hydroxyl groups excluding tert-OH is 1.